The smallest absolute Gasteiger partial charge is 0.184 e. The molecule has 0 saturated carbocycles. The second kappa shape index (κ2) is 4.52. The van der Waals surface area contributed by atoms with Crippen LogP contribution in [0.3, 0.4) is 0 Å². The van der Waals surface area contributed by atoms with Crippen LogP contribution in [0.5, 0.6) is 11.5 Å². The quantitative estimate of drug-likeness (QED) is 0.798. The lowest BCUT2D eigenvalue weighted by atomic mass is 10.2. The predicted molar refractivity (Wildman–Crippen MR) is 53.2 cm³/mol. The van der Waals surface area contributed by atoms with Crippen LogP contribution in [0.2, 0.25) is 0 Å². The molecular formula is C11H13NO2. The van der Waals surface area contributed by atoms with Crippen molar-refractivity contribution >= 4 is 0 Å². The highest BCUT2D eigenvalue weighted by molar-refractivity contribution is 5.42. The molecule has 0 fully saturated rings. The van der Waals surface area contributed by atoms with E-state index in [1.165, 1.54) is 0 Å². The molecular weight excluding hydrogens is 178 g/mol. The highest BCUT2D eigenvalue weighted by atomic mass is 16.5. The van der Waals surface area contributed by atoms with Gasteiger partial charge in [0.25, 0.3) is 0 Å². The van der Waals surface area contributed by atoms with E-state index in [-0.39, 0.29) is 5.75 Å². The zero-order valence-corrected chi connectivity index (χ0v) is 8.32. The fraction of sp³-hybridized carbons (Fsp3) is 0.364. The minimum atomic E-state index is -0.449. The molecule has 0 amide bonds. The number of nitrogens with zero attached hydrogens (tertiary/aromatic N) is 1. The molecule has 1 unspecified atom stereocenters. The van der Waals surface area contributed by atoms with Gasteiger partial charge in [-0.3, -0.25) is 0 Å². The van der Waals surface area contributed by atoms with E-state index in [0.717, 1.165) is 0 Å². The zero-order chi connectivity index (χ0) is 10.6. The Labute approximate surface area is 83.6 Å². The highest BCUT2D eigenvalue weighted by Gasteiger charge is 2.09. The molecule has 0 aliphatic heterocycles. The third kappa shape index (κ3) is 2.17. The summed E-state index contributed by atoms with van der Waals surface area (Å²) in [6, 6.07) is 7.08. The van der Waals surface area contributed by atoms with Crippen LogP contribution >= 0.6 is 0 Å². The van der Waals surface area contributed by atoms with Gasteiger partial charge in [0, 0.05) is 5.56 Å². The molecule has 1 aromatic carbocycles. The molecule has 1 aromatic rings. The van der Waals surface area contributed by atoms with Crippen LogP contribution < -0.4 is 4.74 Å². The van der Waals surface area contributed by atoms with Crippen LogP contribution in [-0.4, -0.2) is 11.2 Å². The Balaban J connectivity index is 2.87. The molecule has 3 heteroatoms. The summed E-state index contributed by atoms with van der Waals surface area (Å²) >= 11 is 0. The Morgan fingerprint density at radius 3 is 2.86 bits per heavy atom. The average molecular weight is 191 g/mol. The number of hydrogen-bond donors (Lipinski definition) is 1. The van der Waals surface area contributed by atoms with Crippen molar-refractivity contribution in [1.29, 1.82) is 5.26 Å². The molecule has 0 spiro atoms. The molecule has 0 aromatic heterocycles. The Kier molecular flexibility index (Phi) is 3.35. The first-order valence-electron chi connectivity index (χ1n) is 4.54. The summed E-state index contributed by atoms with van der Waals surface area (Å²) in [6.45, 7) is 3.64. The summed E-state index contributed by atoms with van der Waals surface area (Å²) in [4.78, 5) is 0. The highest BCUT2D eigenvalue weighted by Crippen LogP contribution is 2.26. The van der Waals surface area contributed by atoms with E-state index in [1.807, 2.05) is 13.0 Å². The SMILES string of the molecule is CCC(C#N)Oc1cccc(O)c1C. The Bertz CT molecular complexity index is 355. The number of ether oxygens (including phenoxy) is 1. The van der Waals surface area contributed by atoms with Crippen molar-refractivity contribution in [2.45, 2.75) is 26.4 Å². The van der Waals surface area contributed by atoms with Gasteiger partial charge in [0.1, 0.15) is 17.6 Å². The maximum Gasteiger partial charge on any atom is 0.184 e. The second-order valence-electron chi connectivity index (χ2n) is 3.04. The Hall–Kier alpha value is -1.69. The van der Waals surface area contributed by atoms with Gasteiger partial charge < -0.3 is 9.84 Å². The van der Waals surface area contributed by atoms with Crippen molar-refractivity contribution in [3.8, 4) is 17.6 Å². The molecule has 0 radical (unpaired) electrons. The van der Waals surface area contributed by atoms with Gasteiger partial charge in [-0.05, 0) is 25.5 Å². The minimum absolute atomic E-state index is 0.190. The lowest BCUT2D eigenvalue weighted by Gasteiger charge is -2.12. The monoisotopic (exact) mass is 191 g/mol. The van der Waals surface area contributed by atoms with E-state index < -0.39 is 6.10 Å². The van der Waals surface area contributed by atoms with Crippen molar-refractivity contribution in [3.05, 3.63) is 23.8 Å². The van der Waals surface area contributed by atoms with Gasteiger partial charge in [-0.25, -0.2) is 0 Å². The fourth-order valence-corrected chi connectivity index (χ4v) is 1.08. The molecule has 0 heterocycles. The van der Waals surface area contributed by atoms with Gasteiger partial charge >= 0.3 is 0 Å². The first-order chi connectivity index (χ1) is 6.69. The van der Waals surface area contributed by atoms with Crippen LogP contribution in [0.15, 0.2) is 18.2 Å². The van der Waals surface area contributed by atoms with Gasteiger partial charge in [0.05, 0.1) is 0 Å². The number of benzene rings is 1. The lowest BCUT2D eigenvalue weighted by molar-refractivity contribution is 0.249. The summed E-state index contributed by atoms with van der Waals surface area (Å²) in [5.74, 6) is 0.758. The number of aromatic hydroxyl groups is 1. The summed E-state index contributed by atoms with van der Waals surface area (Å²) < 4.78 is 5.40. The van der Waals surface area contributed by atoms with E-state index in [0.29, 0.717) is 17.7 Å². The molecule has 1 rings (SSSR count). The molecule has 0 bridgehead atoms. The van der Waals surface area contributed by atoms with Crippen LogP contribution in [0.4, 0.5) is 0 Å². The predicted octanol–water partition coefficient (Wildman–Crippen LogP) is 2.38. The largest absolute Gasteiger partial charge is 0.508 e. The number of phenols is 1. The topological polar surface area (TPSA) is 53.2 Å². The standard InChI is InChI=1S/C11H13NO2/c1-3-9(7-12)14-11-6-4-5-10(13)8(11)2/h4-6,9,13H,3H2,1-2H3. The van der Waals surface area contributed by atoms with Crippen molar-refractivity contribution in [2.24, 2.45) is 0 Å². The molecule has 1 atom stereocenters. The lowest BCUT2D eigenvalue weighted by Crippen LogP contribution is -2.12. The van der Waals surface area contributed by atoms with Crippen molar-refractivity contribution in [1.82, 2.24) is 0 Å². The number of rotatable bonds is 3. The molecule has 0 saturated heterocycles. The van der Waals surface area contributed by atoms with Crippen LogP contribution in [-0.2, 0) is 0 Å². The van der Waals surface area contributed by atoms with Gasteiger partial charge in [0.15, 0.2) is 6.10 Å². The van der Waals surface area contributed by atoms with E-state index in [1.54, 1.807) is 25.1 Å². The second-order valence-corrected chi connectivity index (χ2v) is 3.04. The molecule has 0 aliphatic rings. The van der Waals surface area contributed by atoms with E-state index in [4.69, 9.17) is 10.00 Å². The normalized spacial score (nSPS) is 11.8. The van der Waals surface area contributed by atoms with E-state index in [2.05, 4.69) is 0 Å². The minimum Gasteiger partial charge on any atom is -0.508 e. The average Bonchev–Trinajstić information content (AvgIpc) is 2.20. The van der Waals surface area contributed by atoms with Crippen LogP contribution in [0.25, 0.3) is 0 Å². The van der Waals surface area contributed by atoms with E-state index in [9.17, 15) is 5.11 Å². The Morgan fingerprint density at radius 1 is 1.57 bits per heavy atom. The van der Waals surface area contributed by atoms with E-state index >= 15 is 0 Å². The third-order valence-electron chi connectivity index (χ3n) is 2.04. The first kappa shape index (κ1) is 10.4. The third-order valence-corrected chi connectivity index (χ3v) is 2.04. The Morgan fingerprint density at radius 2 is 2.29 bits per heavy atom. The van der Waals surface area contributed by atoms with Gasteiger partial charge in [-0.2, -0.15) is 5.26 Å². The summed E-state index contributed by atoms with van der Waals surface area (Å²) in [6.07, 6.45) is 0.182. The maximum absolute atomic E-state index is 9.40. The fourth-order valence-electron chi connectivity index (χ4n) is 1.08. The van der Waals surface area contributed by atoms with Gasteiger partial charge in [-0.15, -0.1) is 0 Å². The number of nitriles is 1. The number of phenolic OH excluding ortho intramolecular Hbond substituents is 1. The van der Waals surface area contributed by atoms with Gasteiger partial charge in [0.2, 0.25) is 0 Å². The molecule has 14 heavy (non-hydrogen) atoms. The van der Waals surface area contributed by atoms with Crippen molar-refractivity contribution in [3.63, 3.8) is 0 Å². The first-order valence-corrected chi connectivity index (χ1v) is 4.54. The van der Waals surface area contributed by atoms with Crippen molar-refractivity contribution < 1.29 is 9.84 Å². The molecule has 74 valence electrons. The molecule has 0 aliphatic carbocycles. The summed E-state index contributed by atoms with van der Waals surface area (Å²) in [7, 11) is 0. The molecule has 1 N–H and O–H groups in total. The molecule has 3 nitrogen and oxygen atoms in total. The zero-order valence-electron chi connectivity index (χ0n) is 8.32. The van der Waals surface area contributed by atoms with Crippen LogP contribution in [0, 0.1) is 18.3 Å². The number of hydrogen-bond acceptors (Lipinski definition) is 3. The summed E-state index contributed by atoms with van der Waals surface area (Å²) in [5.41, 5.74) is 0.668. The van der Waals surface area contributed by atoms with Crippen molar-refractivity contribution in [2.75, 3.05) is 0 Å². The summed E-state index contributed by atoms with van der Waals surface area (Å²) in [5, 5.41) is 18.1. The van der Waals surface area contributed by atoms with Crippen LogP contribution in [0.1, 0.15) is 18.9 Å². The maximum atomic E-state index is 9.40. The van der Waals surface area contributed by atoms with Gasteiger partial charge in [-0.1, -0.05) is 13.0 Å².